The minimum atomic E-state index is -0.520. The molecule has 0 aromatic heterocycles. The standard InChI is InChI=1S/C16H20FNO3S/c1-15(2)20-10-16(11-21-15)8-18(9-16)14(19)7-22-13-5-3-12(17)4-6-13/h3-6H,7-11H2,1-2H3. The number of nitrogens with zero attached hydrogens (tertiary/aromatic N) is 1. The number of carbonyl (C=O) groups excluding carboxylic acids is 1. The number of rotatable bonds is 3. The van der Waals surface area contributed by atoms with Crippen LogP contribution in [0.3, 0.4) is 0 Å². The first-order valence-electron chi connectivity index (χ1n) is 7.32. The highest BCUT2D eigenvalue weighted by Gasteiger charge is 2.49. The molecule has 120 valence electrons. The Hall–Kier alpha value is -1.11. The third-order valence-electron chi connectivity index (χ3n) is 4.03. The topological polar surface area (TPSA) is 38.8 Å². The third kappa shape index (κ3) is 3.45. The van der Waals surface area contributed by atoms with Crippen LogP contribution in [0.25, 0.3) is 0 Å². The number of hydrogen-bond donors (Lipinski definition) is 0. The molecule has 1 aromatic rings. The number of carbonyl (C=O) groups is 1. The quantitative estimate of drug-likeness (QED) is 0.801. The van der Waals surface area contributed by atoms with Crippen LogP contribution in [-0.4, -0.2) is 48.7 Å². The first-order valence-corrected chi connectivity index (χ1v) is 8.30. The van der Waals surface area contributed by atoms with Crippen LogP contribution in [0.1, 0.15) is 13.8 Å². The Balaban J connectivity index is 1.45. The molecule has 3 rings (SSSR count). The van der Waals surface area contributed by atoms with Crippen molar-refractivity contribution < 1.29 is 18.7 Å². The largest absolute Gasteiger partial charge is 0.350 e. The summed E-state index contributed by atoms with van der Waals surface area (Å²) in [6, 6.07) is 6.19. The molecule has 6 heteroatoms. The highest BCUT2D eigenvalue weighted by molar-refractivity contribution is 8.00. The van der Waals surface area contributed by atoms with Crippen molar-refractivity contribution >= 4 is 17.7 Å². The Bertz CT molecular complexity index is 543. The van der Waals surface area contributed by atoms with E-state index in [0.29, 0.717) is 32.1 Å². The van der Waals surface area contributed by atoms with E-state index in [1.165, 1.54) is 23.9 Å². The molecule has 0 atom stereocenters. The Morgan fingerprint density at radius 1 is 1.23 bits per heavy atom. The number of hydrogen-bond acceptors (Lipinski definition) is 4. The van der Waals surface area contributed by atoms with Crippen molar-refractivity contribution in [3.8, 4) is 0 Å². The summed E-state index contributed by atoms with van der Waals surface area (Å²) in [5, 5.41) is 0. The van der Waals surface area contributed by atoms with Crippen molar-refractivity contribution in [1.82, 2.24) is 4.90 Å². The molecular weight excluding hydrogens is 305 g/mol. The molecule has 1 aromatic carbocycles. The predicted molar refractivity (Wildman–Crippen MR) is 82.1 cm³/mol. The minimum absolute atomic E-state index is 0.0360. The van der Waals surface area contributed by atoms with Crippen LogP contribution < -0.4 is 0 Å². The Kier molecular flexibility index (Phi) is 4.18. The number of benzene rings is 1. The van der Waals surface area contributed by atoms with Crippen molar-refractivity contribution in [2.75, 3.05) is 32.1 Å². The van der Waals surface area contributed by atoms with E-state index >= 15 is 0 Å². The molecule has 1 spiro atoms. The zero-order valence-corrected chi connectivity index (χ0v) is 13.6. The summed E-state index contributed by atoms with van der Waals surface area (Å²) in [5.41, 5.74) is -0.0360. The lowest BCUT2D eigenvalue weighted by atomic mass is 9.80. The molecule has 0 unspecified atom stereocenters. The second kappa shape index (κ2) is 5.83. The average Bonchev–Trinajstić information content (AvgIpc) is 2.44. The monoisotopic (exact) mass is 325 g/mol. The summed E-state index contributed by atoms with van der Waals surface area (Å²) in [6.07, 6.45) is 0. The molecule has 0 radical (unpaired) electrons. The predicted octanol–water partition coefficient (Wildman–Crippen LogP) is 2.53. The fourth-order valence-electron chi connectivity index (χ4n) is 2.63. The van der Waals surface area contributed by atoms with Crippen molar-refractivity contribution in [2.24, 2.45) is 5.41 Å². The van der Waals surface area contributed by atoms with E-state index in [9.17, 15) is 9.18 Å². The van der Waals surface area contributed by atoms with Crippen molar-refractivity contribution in [3.05, 3.63) is 30.1 Å². The molecule has 2 fully saturated rings. The number of amides is 1. The SMILES string of the molecule is CC1(C)OCC2(CO1)CN(C(=O)CSc1ccc(F)cc1)C2. The molecule has 0 saturated carbocycles. The molecule has 4 nitrogen and oxygen atoms in total. The maximum atomic E-state index is 12.8. The van der Waals surface area contributed by atoms with Crippen molar-refractivity contribution in [1.29, 1.82) is 0 Å². The fourth-order valence-corrected chi connectivity index (χ4v) is 3.43. The smallest absolute Gasteiger partial charge is 0.232 e. The Labute approximate surface area is 134 Å². The van der Waals surface area contributed by atoms with Crippen LogP contribution in [0.15, 0.2) is 29.2 Å². The van der Waals surface area contributed by atoms with Crippen LogP contribution in [-0.2, 0) is 14.3 Å². The molecule has 22 heavy (non-hydrogen) atoms. The van der Waals surface area contributed by atoms with Gasteiger partial charge in [0.1, 0.15) is 5.82 Å². The molecule has 2 saturated heterocycles. The van der Waals surface area contributed by atoms with Gasteiger partial charge in [-0.1, -0.05) is 0 Å². The Morgan fingerprint density at radius 3 is 2.41 bits per heavy atom. The van der Waals surface area contributed by atoms with Gasteiger partial charge in [-0.2, -0.15) is 0 Å². The van der Waals surface area contributed by atoms with E-state index in [2.05, 4.69) is 0 Å². The van der Waals surface area contributed by atoms with Crippen LogP contribution >= 0.6 is 11.8 Å². The third-order valence-corrected chi connectivity index (χ3v) is 5.03. The van der Waals surface area contributed by atoms with Gasteiger partial charge in [-0.15, -0.1) is 11.8 Å². The van der Waals surface area contributed by atoms with Gasteiger partial charge >= 0.3 is 0 Å². The molecule has 1 amide bonds. The average molecular weight is 325 g/mol. The van der Waals surface area contributed by atoms with Gasteiger partial charge in [-0.05, 0) is 38.1 Å². The van der Waals surface area contributed by atoms with E-state index in [-0.39, 0.29) is 17.1 Å². The molecule has 0 bridgehead atoms. The summed E-state index contributed by atoms with van der Waals surface area (Å²) in [5.74, 6) is -0.311. The van der Waals surface area contributed by atoms with Gasteiger partial charge in [0.25, 0.3) is 0 Å². The lowest BCUT2D eigenvalue weighted by molar-refractivity contribution is -0.302. The lowest BCUT2D eigenvalue weighted by Crippen LogP contribution is -2.66. The number of halogens is 1. The number of likely N-dealkylation sites (tertiary alicyclic amines) is 1. The number of ether oxygens (including phenoxy) is 2. The van der Waals surface area contributed by atoms with Gasteiger partial charge in [-0.3, -0.25) is 4.79 Å². The van der Waals surface area contributed by atoms with E-state index in [0.717, 1.165) is 4.90 Å². The van der Waals surface area contributed by atoms with Gasteiger partial charge in [0, 0.05) is 18.0 Å². The zero-order chi connectivity index (χ0) is 15.8. The number of thioether (sulfide) groups is 1. The summed E-state index contributed by atoms with van der Waals surface area (Å²) >= 11 is 1.43. The second-order valence-electron chi connectivity index (χ2n) is 6.47. The van der Waals surface area contributed by atoms with Gasteiger partial charge in [0.05, 0.1) is 24.4 Å². The molecule has 2 aliphatic heterocycles. The molecule has 0 N–H and O–H groups in total. The van der Waals surface area contributed by atoms with Crippen LogP contribution in [0.2, 0.25) is 0 Å². The van der Waals surface area contributed by atoms with Gasteiger partial charge in [0.2, 0.25) is 5.91 Å². The Morgan fingerprint density at radius 2 is 1.82 bits per heavy atom. The highest BCUT2D eigenvalue weighted by Crippen LogP contribution is 2.37. The first-order chi connectivity index (χ1) is 10.4. The molecule has 2 aliphatic rings. The summed E-state index contributed by atoms with van der Waals surface area (Å²) in [6.45, 7) is 6.45. The lowest BCUT2D eigenvalue weighted by Gasteiger charge is -2.54. The zero-order valence-electron chi connectivity index (χ0n) is 12.8. The maximum absolute atomic E-state index is 12.8. The normalized spacial score (nSPS) is 22.4. The van der Waals surface area contributed by atoms with Crippen LogP contribution in [0, 0.1) is 11.2 Å². The van der Waals surface area contributed by atoms with Crippen LogP contribution in [0.5, 0.6) is 0 Å². The van der Waals surface area contributed by atoms with Gasteiger partial charge in [-0.25, -0.2) is 4.39 Å². The summed E-state index contributed by atoms with van der Waals surface area (Å²) < 4.78 is 24.2. The van der Waals surface area contributed by atoms with Crippen molar-refractivity contribution in [2.45, 2.75) is 24.5 Å². The van der Waals surface area contributed by atoms with Gasteiger partial charge < -0.3 is 14.4 Å². The van der Waals surface area contributed by atoms with Crippen LogP contribution in [0.4, 0.5) is 4.39 Å². The highest BCUT2D eigenvalue weighted by atomic mass is 32.2. The molecular formula is C16H20FNO3S. The minimum Gasteiger partial charge on any atom is -0.350 e. The second-order valence-corrected chi connectivity index (χ2v) is 7.52. The van der Waals surface area contributed by atoms with Crippen molar-refractivity contribution in [3.63, 3.8) is 0 Å². The molecule has 0 aliphatic carbocycles. The van der Waals surface area contributed by atoms with E-state index in [1.54, 1.807) is 12.1 Å². The first kappa shape index (κ1) is 15.8. The van der Waals surface area contributed by atoms with E-state index in [1.807, 2.05) is 18.7 Å². The molecule has 2 heterocycles. The fraction of sp³-hybridized carbons (Fsp3) is 0.562. The summed E-state index contributed by atoms with van der Waals surface area (Å²) in [4.78, 5) is 14.9. The van der Waals surface area contributed by atoms with Gasteiger partial charge in [0.15, 0.2) is 5.79 Å². The van der Waals surface area contributed by atoms with E-state index < -0.39 is 5.79 Å². The summed E-state index contributed by atoms with van der Waals surface area (Å²) in [7, 11) is 0. The van der Waals surface area contributed by atoms with E-state index in [4.69, 9.17) is 9.47 Å². The maximum Gasteiger partial charge on any atom is 0.232 e.